The van der Waals surface area contributed by atoms with Gasteiger partial charge in [-0.2, -0.15) is 0 Å². The Morgan fingerprint density at radius 1 is 1.15 bits per heavy atom. The third-order valence-electron chi connectivity index (χ3n) is 4.63. The molecule has 0 bridgehead atoms. The normalized spacial score (nSPS) is 11.6. The molecule has 1 amide bonds. The number of carbonyl (C=O) groups is 1. The van der Waals surface area contributed by atoms with Crippen LogP contribution in [0.25, 0.3) is 10.9 Å². The van der Waals surface area contributed by atoms with Gasteiger partial charge in [0.2, 0.25) is 0 Å². The van der Waals surface area contributed by atoms with Gasteiger partial charge in [-0.1, -0.05) is 6.07 Å². The lowest BCUT2D eigenvalue weighted by atomic mass is 10.1. The number of amides is 1. The molecule has 3 aromatic rings. The number of sulfone groups is 1. The number of benzene rings is 2. The molecule has 0 fully saturated rings. The van der Waals surface area contributed by atoms with Crippen LogP contribution in [0, 0.1) is 6.92 Å². The number of aromatic nitrogens is 1. The van der Waals surface area contributed by atoms with E-state index in [9.17, 15) is 13.2 Å². The Morgan fingerprint density at radius 2 is 1.89 bits per heavy atom. The van der Waals surface area contributed by atoms with Gasteiger partial charge in [-0.15, -0.1) is 0 Å². The fraction of sp³-hybridized carbons (Fsp3) is 0.250. The molecule has 2 aromatic carbocycles. The summed E-state index contributed by atoms with van der Waals surface area (Å²) in [6.45, 7) is 2.40. The van der Waals surface area contributed by atoms with E-state index in [-0.39, 0.29) is 22.1 Å². The molecule has 6 nitrogen and oxygen atoms in total. The Hall–Kier alpha value is -2.80. The summed E-state index contributed by atoms with van der Waals surface area (Å²) in [7, 11) is -0.0920. The fourth-order valence-electron chi connectivity index (χ4n) is 3.04. The Bertz CT molecular complexity index is 1130. The van der Waals surface area contributed by atoms with E-state index in [0.717, 1.165) is 28.4 Å². The summed E-state index contributed by atoms with van der Waals surface area (Å²) >= 11 is 0. The van der Waals surface area contributed by atoms with Crippen molar-refractivity contribution in [1.29, 1.82) is 0 Å². The standard InChI is InChI=1S/C20H22N2O4S/c1-13-9-16-10-14(5-7-17(16)22(13)2)12-21-20(23)15-6-8-18(26-3)19(11-15)27(4,24)25/h5-11H,12H2,1-4H3,(H,21,23). The van der Waals surface area contributed by atoms with Crippen LogP contribution >= 0.6 is 0 Å². The van der Waals surface area contributed by atoms with Gasteiger partial charge in [0.1, 0.15) is 10.6 Å². The zero-order valence-corrected chi connectivity index (χ0v) is 16.6. The van der Waals surface area contributed by atoms with Gasteiger partial charge in [0, 0.05) is 42.0 Å². The summed E-state index contributed by atoms with van der Waals surface area (Å²) in [5.41, 5.74) is 3.54. The lowest BCUT2D eigenvalue weighted by Crippen LogP contribution is -2.23. The van der Waals surface area contributed by atoms with Gasteiger partial charge >= 0.3 is 0 Å². The second-order valence-corrected chi connectivity index (χ2v) is 8.54. The van der Waals surface area contributed by atoms with Crippen molar-refractivity contribution in [1.82, 2.24) is 9.88 Å². The summed E-state index contributed by atoms with van der Waals surface area (Å²) in [5.74, 6) is -0.120. The molecule has 27 heavy (non-hydrogen) atoms. The van der Waals surface area contributed by atoms with Crippen molar-refractivity contribution in [3.8, 4) is 5.75 Å². The molecule has 7 heteroatoms. The number of carbonyl (C=O) groups excluding carboxylic acids is 1. The summed E-state index contributed by atoms with van der Waals surface area (Å²) in [6, 6.07) is 12.5. The highest BCUT2D eigenvalue weighted by atomic mass is 32.2. The first kappa shape index (κ1) is 19.0. The van der Waals surface area contributed by atoms with E-state index < -0.39 is 9.84 Å². The number of rotatable bonds is 5. The number of nitrogens with one attached hydrogen (secondary N) is 1. The second-order valence-electron chi connectivity index (χ2n) is 6.56. The first-order valence-corrected chi connectivity index (χ1v) is 10.3. The van der Waals surface area contributed by atoms with Gasteiger partial charge in [0.05, 0.1) is 7.11 Å². The SMILES string of the molecule is COc1ccc(C(=O)NCc2ccc3c(c2)cc(C)n3C)cc1S(C)(=O)=O. The maximum Gasteiger partial charge on any atom is 0.251 e. The molecule has 0 aliphatic rings. The summed E-state index contributed by atoms with van der Waals surface area (Å²) in [6.07, 6.45) is 1.09. The first-order valence-electron chi connectivity index (χ1n) is 8.42. The molecule has 3 rings (SSSR count). The van der Waals surface area contributed by atoms with Gasteiger partial charge < -0.3 is 14.6 Å². The van der Waals surface area contributed by atoms with E-state index in [0.29, 0.717) is 6.54 Å². The number of aryl methyl sites for hydroxylation is 2. The number of hydrogen-bond acceptors (Lipinski definition) is 4. The number of hydrogen-bond donors (Lipinski definition) is 1. The fourth-order valence-corrected chi connectivity index (χ4v) is 3.90. The molecule has 1 N–H and O–H groups in total. The van der Waals surface area contributed by atoms with Gasteiger partial charge in [-0.3, -0.25) is 4.79 Å². The monoisotopic (exact) mass is 386 g/mol. The maximum absolute atomic E-state index is 12.5. The number of nitrogens with zero attached hydrogens (tertiary/aromatic N) is 1. The minimum absolute atomic E-state index is 0.00108. The van der Waals surface area contributed by atoms with Gasteiger partial charge in [0.25, 0.3) is 5.91 Å². The molecule has 1 heterocycles. The van der Waals surface area contributed by atoms with Gasteiger partial charge in [0.15, 0.2) is 9.84 Å². The van der Waals surface area contributed by atoms with Gasteiger partial charge in [-0.25, -0.2) is 8.42 Å². The lowest BCUT2D eigenvalue weighted by Gasteiger charge is -2.10. The number of methoxy groups -OCH3 is 1. The molecule has 0 atom stereocenters. The van der Waals surface area contributed by atoms with Crippen LogP contribution in [0.1, 0.15) is 21.6 Å². The van der Waals surface area contributed by atoms with Crippen molar-refractivity contribution in [2.75, 3.05) is 13.4 Å². The summed E-state index contributed by atoms with van der Waals surface area (Å²) in [4.78, 5) is 12.5. The second kappa shape index (κ2) is 7.08. The largest absolute Gasteiger partial charge is 0.495 e. The minimum Gasteiger partial charge on any atom is -0.495 e. The van der Waals surface area contributed by atoms with Crippen molar-refractivity contribution in [2.24, 2.45) is 7.05 Å². The zero-order valence-electron chi connectivity index (χ0n) is 15.7. The van der Waals surface area contributed by atoms with Crippen molar-refractivity contribution >= 4 is 26.6 Å². The first-order chi connectivity index (χ1) is 12.7. The number of fused-ring (bicyclic) bond motifs is 1. The van der Waals surface area contributed by atoms with Crippen LogP contribution in [-0.2, 0) is 23.4 Å². The smallest absolute Gasteiger partial charge is 0.251 e. The van der Waals surface area contributed by atoms with Crippen molar-refractivity contribution in [2.45, 2.75) is 18.4 Å². The van der Waals surface area contributed by atoms with Crippen LogP contribution < -0.4 is 10.1 Å². The minimum atomic E-state index is -3.50. The average Bonchev–Trinajstić information content (AvgIpc) is 2.92. The highest BCUT2D eigenvalue weighted by Crippen LogP contribution is 2.25. The molecule has 0 aliphatic carbocycles. The lowest BCUT2D eigenvalue weighted by molar-refractivity contribution is 0.0950. The van der Waals surface area contributed by atoms with Gasteiger partial charge in [-0.05, 0) is 48.9 Å². The molecule has 0 spiro atoms. The molecular weight excluding hydrogens is 364 g/mol. The molecule has 0 aliphatic heterocycles. The Labute approximate surface area is 158 Å². The highest BCUT2D eigenvalue weighted by Gasteiger charge is 2.17. The van der Waals surface area contributed by atoms with Crippen molar-refractivity contribution in [3.63, 3.8) is 0 Å². The molecule has 142 valence electrons. The molecule has 0 saturated carbocycles. The third-order valence-corrected chi connectivity index (χ3v) is 5.74. The molecule has 0 radical (unpaired) electrons. The van der Waals surface area contributed by atoms with E-state index in [4.69, 9.17) is 4.74 Å². The van der Waals surface area contributed by atoms with Crippen molar-refractivity contribution < 1.29 is 17.9 Å². The number of ether oxygens (including phenoxy) is 1. The predicted octanol–water partition coefficient (Wildman–Crippen LogP) is 2.83. The Balaban J connectivity index is 1.80. The molecular formula is C20H22N2O4S. The van der Waals surface area contributed by atoms with Crippen LogP contribution in [0.15, 0.2) is 47.4 Å². The van der Waals surface area contributed by atoms with E-state index in [1.54, 1.807) is 6.07 Å². The summed E-state index contributed by atoms with van der Waals surface area (Å²) in [5, 5.41) is 3.95. The van der Waals surface area contributed by atoms with E-state index in [1.807, 2.05) is 32.2 Å². The topological polar surface area (TPSA) is 77.4 Å². The summed E-state index contributed by atoms with van der Waals surface area (Å²) < 4.78 is 31.0. The average molecular weight is 386 g/mol. The van der Waals surface area contributed by atoms with Crippen molar-refractivity contribution in [3.05, 3.63) is 59.3 Å². The van der Waals surface area contributed by atoms with Crippen LogP contribution in [0.4, 0.5) is 0 Å². The quantitative estimate of drug-likeness (QED) is 0.731. The van der Waals surface area contributed by atoms with E-state index in [1.165, 1.54) is 19.2 Å². The third kappa shape index (κ3) is 3.83. The predicted molar refractivity (Wildman–Crippen MR) is 105 cm³/mol. The van der Waals surface area contributed by atoms with E-state index >= 15 is 0 Å². The Morgan fingerprint density at radius 3 is 2.56 bits per heavy atom. The maximum atomic E-state index is 12.5. The van der Waals surface area contributed by atoms with Crippen LogP contribution in [-0.4, -0.2) is 32.3 Å². The molecule has 1 aromatic heterocycles. The van der Waals surface area contributed by atoms with Crippen LogP contribution in [0.5, 0.6) is 5.75 Å². The molecule has 0 unspecified atom stereocenters. The van der Waals surface area contributed by atoms with Crippen LogP contribution in [0.3, 0.4) is 0 Å². The van der Waals surface area contributed by atoms with Crippen LogP contribution in [0.2, 0.25) is 0 Å². The molecule has 0 saturated heterocycles. The highest BCUT2D eigenvalue weighted by molar-refractivity contribution is 7.90. The zero-order chi connectivity index (χ0) is 19.8. The van der Waals surface area contributed by atoms with E-state index in [2.05, 4.69) is 16.0 Å². The Kier molecular flexibility index (Phi) is 4.97.